The molecule has 0 aliphatic rings. The van der Waals surface area contributed by atoms with Gasteiger partial charge in [-0.1, -0.05) is 58.4 Å². The Morgan fingerprint density at radius 3 is 2.21 bits per heavy atom. The van der Waals surface area contributed by atoms with Gasteiger partial charge in [0, 0.05) is 6.04 Å². The lowest BCUT2D eigenvalue weighted by molar-refractivity contribution is 0.105. The van der Waals surface area contributed by atoms with Crippen molar-refractivity contribution >= 4 is 0 Å². The van der Waals surface area contributed by atoms with Gasteiger partial charge in [-0.25, -0.2) is 0 Å². The summed E-state index contributed by atoms with van der Waals surface area (Å²) in [7, 11) is 0. The van der Waals surface area contributed by atoms with Crippen molar-refractivity contribution in [2.75, 3.05) is 6.54 Å². The first kappa shape index (κ1) is 16.2. The molecule has 2 N–H and O–H groups in total. The Morgan fingerprint density at radius 2 is 1.74 bits per heavy atom. The first-order valence-corrected chi connectivity index (χ1v) is 7.60. The maximum Gasteiger partial charge on any atom is 0.0945 e. The molecule has 0 heterocycles. The van der Waals surface area contributed by atoms with E-state index in [1.165, 1.54) is 12.0 Å². The summed E-state index contributed by atoms with van der Waals surface area (Å²) < 4.78 is 0. The summed E-state index contributed by atoms with van der Waals surface area (Å²) in [6.07, 6.45) is 2.95. The van der Waals surface area contributed by atoms with Crippen LogP contribution in [0, 0.1) is 5.92 Å². The second kappa shape index (κ2) is 8.34. The zero-order valence-electron chi connectivity index (χ0n) is 12.8. The van der Waals surface area contributed by atoms with E-state index >= 15 is 0 Å². The van der Waals surface area contributed by atoms with Crippen molar-refractivity contribution in [1.82, 2.24) is 5.32 Å². The lowest BCUT2D eigenvalue weighted by Crippen LogP contribution is -2.39. The molecule has 1 aromatic rings. The van der Waals surface area contributed by atoms with Crippen LogP contribution in [0.15, 0.2) is 24.3 Å². The Morgan fingerprint density at radius 1 is 1.11 bits per heavy atom. The minimum atomic E-state index is -0.428. The Labute approximate surface area is 118 Å². The molecule has 1 rings (SSSR count). The van der Waals surface area contributed by atoms with Crippen LogP contribution in [0.4, 0.5) is 0 Å². The van der Waals surface area contributed by atoms with E-state index < -0.39 is 6.10 Å². The van der Waals surface area contributed by atoms with Gasteiger partial charge in [0.2, 0.25) is 0 Å². The summed E-state index contributed by atoms with van der Waals surface area (Å²) >= 11 is 0. The molecule has 0 amide bonds. The fraction of sp³-hybridized carbons (Fsp3) is 0.647. The van der Waals surface area contributed by atoms with Gasteiger partial charge < -0.3 is 10.4 Å². The lowest BCUT2D eigenvalue weighted by atomic mass is 9.92. The Balaban J connectivity index is 2.71. The van der Waals surface area contributed by atoms with E-state index in [9.17, 15) is 5.11 Å². The summed E-state index contributed by atoms with van der Waals surface area (Å²) in [5.41, 5.74) is 2.33. The van der Waals surface area contributed by atoms with E-state index in [0.717, 1.165) is 24.9 Å². The van der Waals surface area contributed by atoms with E-state index in [1.54, 1.807) is 0 Å². The van der Waals surface area contributed by atoms with Gasteiger partial charge in [-0.05, 0) is 36.4 Å². The van der Waals surface area contributed by atoms with Crippen LogP contribution >= 0.6 is 0 Å². The Kier molecular flexibility index (Phi) is 7.11. The molecule has 0 saturated heterocycles. The van der Waals surface area contributed by atoms with Crippen molar-refractivity contribution in [3.8, 4) is 0 Å². The molecular formula is C17H29NO. The fourth-order valence-corrected chi connectivity index (χ4v) is 2.32. The number of rotatable bonds is 8. The van der Waals surface area contributed by atoms with Gasteiger partial charge >= 0.3 is 0 Å². The SMILES string of the molecule is CCCCNC(C(C)C)C(O)c1ccc(CC)cc1. The number of hydrogen-bond donors (Lipinski definition) is 2. The van der Waals surface area contributed by atoms with E-state index in [0.29, 0.717) is 5.92 Å². The molecule has 19 heavy (non-hydrogen) atoms. The van der Waals surface area contributed by atoms with Gasteiger partial charge in [-0.2, -0.15) is 0 Å². The molecule has 108 valence electrons. The highest BCUT2D eigenvalue weighted by Gasteiger charge is 2.23. The van der Waals surface area contributed by atoms with Crippen molar-refractivity contribution in [1.29, 1.82) is 0 Å². The molecule has 1 aromatic carbocycles. The maximum atomic E-state index is 10.6. The normalized spacial score (nSPS) is 14.6. The number of aryl methyl sites for hydroxylation is 1. The second-order valence-corrected chi connectivity index (χ2v) is 5.62. The third-order valence-electron chi connectivity index (χ3n) is 3.70. The van der Waals surface area contributed by atoms with Crippen LogP contribution in [0.25, 0.3) is 0 Å². The average molecular weight is 263 g/mol. The van der Waals surface area contributed by atoms with Crippen molar-refractivity contribution in [3.05, 3.63) is 35.4 Å². The van der Waals surface area contributed by atoms with Crippen LogP contribution in [-0.2, 0) is 6.42 Å². The predicted octanol–water partition coefficient (Wildman–Crippen LogP) is 3.70. The van der Waals surface area contributed by atoms with Gasteiger partial charge in [0.25, 0.3) is 0 Å². The molecule has 0 saturated carbocycles. The van der Waals surface area contributed by atoms with E-state index in [2.05, 4.69) is 57.3 Å². The molecule has 0 aliphatic heterocycles. The molecule has 0 spiro atoms. The van der Waals surface area contributed by atoms with Gasteiger partial charge in [-0.3, -0.25) is 0 Å². The zero-order chi connectivity index (χ0) is 14.3. The smallest absolute Gasteiger partial charge is 0.0945 e. The third-order valence-corrected chi connectivity index (χ3v) is 3.70. The predicted molar refractivity (Wildman–Crippen MR) is 82.3 cm³/mol. The van der Waals surface area contributed by atoms with Gasteiger partial charge in [0.05, 0.1) is 6.10 Å². The van der Waals surface area contributed by atoms with E-state index in [4.69, 9.17) is 0 Å². The number of nitrogens with one attached hydrogen (secondary N) is 1. The number of unbranched alkanes of at least 4 members (excludes halogenated alkanes) is 1. The van der Waals surface area contributed by atoms with Crippen LogP contribution in [0.3, 0.4) is 0 Å². The summed E-state index contributed by atoms with van der Waals surface area (Å²) in [6.45, 7) is 9.63. The number of benzene rings is 1. The zero-order valence-corrected chi connectivity index (χ0v) is 12.8. The molecular weight excluding hydrogens is 234 g/mol. The summed E-state index contributed by atoms with van der Waals surface area (Å²) in [5, 5.41) is 14.0. The summed E-state index contributed by atoms with van der Waals surface area (Å²) in [6, 6.07) is 8.46. The number of aliphatic hydroxyl groups is 1. The largest absolute Gasteiger partial charge is 0.387 e. The molecule has 0 aliphatic carbocycles. The Bertz CT molecular complexity index is 345. The van der Waals surface area contributed by atoms with Gasteiger partial charge in [0.1, 0.15) is 0 Å². The fourth-order valence-electron chi connectivity index (χ4n) is 2.32. The molecule has 2 heteroatoms. The van der Waals surface area contributed by atoms with Crippen molar-refractivity contribution in [2.45, 2.75) is 59.1 Å². The topological polar surface area (TPSA) is 32.3 Å². The number of aliphatic hydroxyl groups excluding tert-OH is 1. The first-order chi connectivity index (χ1) is 9.10. The van der Waals surface area contributed by atoms with Crippen LogP contribution in [0.5, 0.6) is 0 Å². The minimum Gasteiger partial charge on any atom is -0.387 e. The molecule has 0 aromatic heterocycles. The first-order valence-electron chi connectivity index (χ1n) is 7.60. The molecule has 2 atom stereocenters. The van der Waals surface area contributed by atoms with E-state index in [-0.39, 0.29) is 6.04 Å². The highest BCUT2D eigenvalue weighted by molar-refractivity contribution is 5.25. The monoisotopic (exact) mass is 263 g/mol. The van der Waals surface area contributed by atoms with Crippen molar-refractivity contribution in [3.63, 3.8) is 0 Å². The summed E-state index contributed by atoms with van der Waals surface area (Å²) in [5.74, 6) is 0.415. The Hall–Kier alpha value is -0.860. The van der Waals surface area contributed by atoms with Crippen molar-refractivity contribution in [2.24, 2.45) is 5.92 Å². The van der Waals surface area contributed by atoms with Crippen LogP contribution in [0.2, 0.25) is 0 Å². The minimum absolute atomic E-state index is 0.124. The third kappa shape index (κ3) is 4.96. The van der Waals surface area contributed by atoms with Crippen LogP contribution < -0.4 is 5.32 Å². The standard InChI is InChI=1S/C17H29NO/c1-5-7-12-18-16(13(3)4)17(19)15-10-8-14(6-2)9-11-15/h8-11,13,16-19H,5-7,12H2,1-4H3. The second-order valence-electron chi connectivity index (χ2n) is 5.62. The van der Waals surface area contributed by atoms with Crippen LogP contribution in [-0.4, -0.2) is 17.7 Å². The van der Waals surface area contributed by atoms with Crippen LogP contribution in [0.1, 0.15) is 57.8 Å². The highest BCUT2D eigenvalue weighted by atomic mass is 16.3. The van der Waals surface area contributed by atoms with Gasteiger partial charge in [-0.15, -0.1) is 0 Å². The molecule has 0 radical (unpaired) electrons. The van der Waals surface area contributed by atoms with Gasteiger partial charge in [0.15, 0.2) is 0 Å². The van der Waals surface area contributed by atoms with E-state index in [1.807, 2.05) is 0 Å². The molecule has 0 bridgehead atoms. The highest BCUT2D eigenvalue weighted by Crippen LogP contribution is 2.22. The molecule has 2 nitrogen and oxygen atoms in total. The summed E-state index contributed by atoms with van der Waals surface area (Å²) in [4.78, 5) is 0. The molecule has 2 unspecified atom stereocenters. The molecule has 0 fully saturated rings. The van der Waals surface area contributed by atoms with Crippen molar-refractivity contribution < 1.29 is 5.11 Å². The number of hydrogen-bond acceptors (Lipinski definition) is 2. The quantitative estimate of drug-likeness (QED) is 0.701. The maximum absolute atomic E-state index is 10.6. The lowest BCUT2D eigenvalue weighted by Gasteiger charge is -2.28. The average Bonchev–Trinajstić information content (AvgIpc) is 2.42.